The van der Waals surface area contributed by atoms with Gasteiger partial charge in [0.05, 0.1) is 16.1 Å². The maximum Gasteiger partial charge on any atom is 0.338 e. The zero-order valence-corrected chi connectivity index (χ0v) is 16.7. The molecule has 0 fully saturated rings. The van der Waals surface area contributed by atoms with Gasteiger partial charge in [0.2, 0.25) is 0 Å². The molecule has 0 saturated carbocycles. The second-order valence-electron chi connectivity index (χ2n) is 6.24. The molecule has 0 aromatic heterocycles. The van der Waals surface area contributed by atoms with E-state index in [4.69, 9.17) is 10.5 Å². The summed E-state index contributed by atoms with van der Waals surface area (Å²) in [6, 6.07) is 14.3. The van der Waals surface area contributed by atoms with Gasteiger partial charge in [0.25, 0.3) is 15.9 Å². The molecule has 2 aromatic rings. The topological polar surface area (TPSA) is 107 Å². The molecule has 0 bridgehead atoms. The number of para-hydroxylation sites is 1. The lowest BCUT2D eigenvalue weighted by Crippen LogP contribution is -2.32. The Bertz CT molecular complexity index is 929. The molecule has 150 valence electrons. The summed E-state index contributed by atoms with van der Waals surface area (Å²) >= 11 is 0. The van der Waals surface area contributed by atoms with Gasteiger partial charge in [0.15, 0.2) is 6.10 Å². The van der Waals surface area contributed by atoms with E-state index in [1.54, 1.807) is 24.3 Å². The average Bonchev–Trinajstić information content (AvgIpc) is 2.69. The Morgan fingerprint density at radius 2 is 1.79 bits per heavy atom. The molecule has 7 nitrogen and oxygen atoms in total. The summed E-state index contributed by atoms with van der Waals surface area (Å²) in [6.07, 6.45) is 0.403. The van der Waals surface area contributed by atoms with Crippen LogP contribution in [0.2, 0.25) is 0 Å². The lowest BCUT2D eigenvalue weighted by Gasteiger charge is -2.24. The second-order valence-corrected chi connectivity index (χ2v) is 8.11. The maximum absolute atomic E-state index is 13.2. The van der Waals surface area contributed by atoms with E-state index in [1.165, 1.54) is 35.5 Å². The van der Waals surface area contributed by atoms with Crippen LogP contribution in [0.3, 0.4) is 0 Å². The van der Waals surface area contributed by atoms with Gasteiger partial charge in [-0.15, -0.1) is 0 Å². The Balaban J connectivity index is 2.38. The predicted molar refractivity (Wildman–Crippen MR) is 106 cm³/mol. The summed E-state index contributed by atoms with van der Waals surface area (Å²) in [7, 11) is -3.89. The molecule has 2 aromatic carbocycles. The molecule has 0 aliphatic heterocycles. The lowest BCUT2D eigenvalue weighted by atomic mass is 10.2. The Kier molecular flexibility index (Phi) is 7.17. The van der Waals surface area contributed by atoms with Crippen LogP contribution < -0.4 is 10.0 Å². The molecule has 28 heavy (non-hydrogen) atoms. The van der Waals surface area contributed by atoms with Crippen LogP contribution in [-0.4, -0.2) is 32.9 Å². The van der Waals surface area contributed by atoms with E-state index in [0.29, 0.717) is 18.7 Å². The van der Waals surface area contributed by atoms with Crippen molar-refractivity contribution in [1.82, 2.24) is 0 Å². The zero-order valence-electron chi connectivity index (χ0n) is 15.9. The molecular weight excluding hydrogens is 380 g/mol. The molecule has 0 radical (unpaired) electrons. The fourth-order valence-electron chi connectivity index (χ4n) is 2.48. The smallest absolute Gasteiger partial charge is 0.338 e. The van der Waals surface area contributed by atoms with Crippen LogP contribution >= 0.6 is 0 Å². The predicted octanol–water partition coefficient (Wildman–Crippen LogP) is 2.71. The molecule has 1 amide bonds. The number of anilines is 1. The highest BCUT2D eigenvalue weighted by Gasteiger charge is 2.26. The van der Waals surface area contributed by atoms with Gasteiger partial charge in [-0.1, -0.05) is 37.6 Å². The number of sulfonamides is 1. The molecule has 0 unspecified atom stereocenters. The molecule has 8 heteroatoms. The highest BCUT2D eigenvalue weighted by atomic mass is 32.2. The minimum atomic E-state index is -3.89. The van der Waals surface area contributed by atoms with Crippen LogP contribution in [0.15, 0.2) is 59.5 Å². The highest BCUT2D eigenvalue weighted by Crippen LogP contribution is 2.25. The zero-order chi connectivity index (χ0) is 20.7. The summed E-state index contributed by atoms with van der Waals surface area (Å²) in [4.78, 5) is 23.3. The first kappa shape index (κ1) is 21.4. The molecule has 0 spiro atoms. The van der Waals surface area contributed by atoms with Crippen molar-refractivity contribution in [3.8, 4) is 0 Å². The first-order valence-electron chi connectivity index (χ1n) is 8.95. The number of carbonyl (C=O) groups is 2. The van der Waals surface area contributed by atoms with E-state index in [9.17, 15) is 18.0 Å². The van der Waals surface area contributed by atoms with E-state index in [2.05, 4.69) is 0 Å². The Morgan fingerprint density at radius 1 is 1.11 bits per heavy atom. The Hall–Kier alpha value is -2.87. The van der Waals surface area contributed by atoms with Crippen molar-refractivity contribution in [1.29, 1.82) is 0 Å². The van der Waals surface area contributed by atoms with Crippen molar-refractivity contribution in [2.45, 2.75) is 37.7 Å². The Labute approximate surface area is 165 Å². The molecule has 2 N–H and O–H groups in total. The second kappa shape index (κ2) is 9.36. The van der Waals surface area contributed by atoms with Gasteiger partial charge in [0.1, 0.15) is 0 Å². The minimum absolute atomic E-state index is 0.0256. The van der Waals surface area contributed by atoms with Gasteiger partial charge >= 0.3 is 5.97 Å². The van der Waals surface area contributed by atoms with Crippen LogP contribution in [0.25, 0.3) is 0 Å². The first-order chi connectivity index (χ1) is 13.3. The molecule has 0 aliphatic carbocycles. The van der Waals surface area contributed by atoms with Crippen molar-refractivity contribution < 1.29 is 22.7 Å². The van der Waals surface area contributed by atoms with E-state index in [0.717, 1.165) is 6.42 Å². The van der Waals surface area contributed by atoms with E-state index in [-0.39, 0.29) is 10.5 Å². The maximum atomic E-state index is 13.2. The first-order valence-corrected chi connectivity index (χ1v) is 10.4. The normalized spacial score (nSPS) is 12.2. The molecule has 0 aliphatic rings. The number of amides is 1. The number of unbranched alkanes of at least 4 members (excludes halogenated alkanes) is 1. The van der Waals surface area contributed by atoms with E-state index >= 15 is 0 Å². The number of nitrogens with two attached hydrogens (primary N) is 1. The van der Waals surface area contributed by atoms with Crippen molar-refractivity contribution in [3.05, 3.63) is 60.2 Å². The average molecular weight is 404 g/mol. The van der Waals surface area contributed by atoms with Crippen LogP contribution in [0.5, 0.6) is 0 Å². The third kappa shape index (κ3) is 5.10. The molecular formula is C20H24N2O5S. The summed E-state index contributed by atoms with van der Waals surface area (Å²) in [6.45, 7) is 3.64. The number of hydrogen-bond donors (Lipinski definition) is 1. The standard InChI is InChI=1S/C20H24N2O5S/c1-3-4-13-22(17-10-6-5-7-11-17)28(25,26)18-12-8-9-16(14-18)20(24)27-15(2)19(21)23/h5-12,14-15H,3-4,13H2,1-2H3,(H2,21,23)/t15-/m0/s1. The van der Waals surface area contributed by atoms with E-state index < -0.39 is 28.0 Å². The van der Waals surface area contributed by atoms with Crippen molar-refractivity contribution in [2.75, 3.05) is 10.8 Å². The summed E-state index contributed by atoms with van der Waals surface area (Å²) in [5, 5.41) is 0. The quantitative estimate of drug-likeness (QED) is 0.647. The number of hydrogen-bond acceptors (Lipinski definition) is 5. The number of rotatable bonds is 9. The van der Waals surface area contributed by atoms with Gasteiger partial charge in [-0.25, -0.2) is 13.2 Å². The van der Waals surface area contributed by atoms with E-state index in [1.807, 2.05) is 13.0 Å². The van der Waals surface area contributed by atoms with Crippen molar-refractivity contribution in [2.24, 2.45) is 5.73 Å². The fourth-order valence-corrected chi connectivity index (χ4v) is 4.03. The molecule has 0 heterocycles. The van der Waals surface area contributed by atoms with Gasteiger partial charge in [-0.3, -0.25) is 9.10 Å². The summed E-state index contributed by atoms with van der Waals surface area (Å²) in [5.41, 5.74) is 5.67. The number of benzene rings is 2. The van der Waals surface area contributed by atoms with Crippen LogP contribution in [0.4, 0.5) is 5.69 Å². The number of nitrogens with zero attached hydrogens (tertiary/aromatic N) is 1. The molecule has 1 atom stereocenters. The highest BCUT2D eigenvalue weighted by molar-refractivity contribution is 7.92. The van der Waals surface area contributed by atoms with Crippen molar-refractivity contribution in [3.63, 3.8) is 0 Å². The van der Waals surface area contributed by atoms with Crippen LogP contribution in [0, 0.1) is 0 Å². The van der Waals surface area contributed by atoms with Crippen LogP contribution in [-0.2, 0) is 19.6 Å². The Morgan fingerprint density at radius 3 is 2.39 bits per heavy atom. The molecule has 2 rings (SSSR count). The summed E-state index contributed by atoms with van der Waals surface area (Å²) < 4.78 is 32.8. The lowest BCUT2D eigenvalue weighted by molar-refractivity contribution is -0.125. The van der Waals surface area contributed by atoms with Crippen molar-refractivity contribution >= 4 is 27.6 Å². The number of esters is 1. The number of carbonyl (C=O) groups excluding carboxylic acids is 2. The van der Waals surface area contributed by atoms with Gasteiger partial charge < -0.3 is 10.5 Å². The number of primary amides is 1. The fraction of sp³-hybridized carbons (Fsp3) is 0.300. The number of ether oxygens (including phenoxy) is 1. The van der Waals surface area contributed by atoms with Crippen LogP contribution in [0.1, 0.15) is 37.0 Å². The van der Waals surface area contributed by atoms with Gasteiger partial charge in [0, 0.05) is 6.54 Å². The SMILES string of the molecule is CCCCN(c1ccccc1)S(=O)(=O)c1cccc(C(=O)O[C@@H](C)C(N)=O)c1. The van der Waals surface area contributed by atoms with Gasteiger partial charge in [-0.2, -0.15) is 0 Å². The monoisotopic (exact) mass is 404 g/mol. The minimum Gasteiger partial charge on any atom is -0.449 e. The van der Waals surface area contributed by atoms with Gasteiger partial charge in [-0.05, 0) is 43.7 Å². The third-order valence-electron chi connectivity index (χ3n) is 4.10. The molecule has 0 saturated heterocycles. The summed E-state index contributed by atoms with van der Waals surface area (Å²) in [5.74, 6) is -1.60. The largest absolute Gasteiger partial charge is 0.449 e. The third-order valence-corrected chi connectivity index (χ3v) is 5.92.